The minimum absolute atomic E-state index is 0. The van der Waals surface area contributed by atoms with E-state index in [2.05, 4.69) is 43.9 Å². The van der Waals surface area contributed by atoms with Crippen LogP contribution in [0.5, 0.6) is 0 Å². The van der Waals surface area contributed by atoms with Gasteiger partial charge in [-0.25, -0.2) is 18.1 Å². The van der Waals surface area contributed by atoms with Crippen molar-refractivity contribution in [2.24, 2.45) is 0 Å². The summed E-state index contributed by atoms with van der Waals surface area (Å²) in [6.07, 6.45) is 6.33. The zero-order chi connectivity index (χ0) is 25.3. The molecule has 4 aliphatic rings. The standard InChI is InChI=1S/C26H32N6O4S.2H2S/c1-16-7-18-11-27-32(23(18)9-22(16)17-3-5-30(6-4-17)20-13-35-14-20)25-10-24(28-26(29-25)37(2,33)34)31-12-21-8-19(31)15-36-21;;/h7,9-11,17,19-21H,3-6,8,12-15H2,1-2H3;2*1H2. The number of hydrogen-bond donors (Lipinski definition) is 0. The zero-order valence-electron chi connectivity index (χ0n) is 22.2. The van der Waals surface area contributed by atoms with Crippen molar-refractivity contribution in [3.8, 4) is 5.82 Å². The quantitative estimate of drug-likeness (QED) is 0.413. The van der Waals surface area contributed by atoms with E-state index in [0.29, 0.717) is 36.7 Å². The first-order chi connectivity index (χ1) is 17.8. The van der Waals surface area contributed by atoms with Gasteiger partial charge in [-0.3, -0.25) is 4.90 Å². The van der Waals surface area contributed by atoms with Crippen LogP contribution in [0.15, 0.2) is 29.6 Å². The molecule has 4 fully saturated rings. The molecular weight excluding hydrogens is 557 g/mol. The van der Waals surface area contributed by atoms with Gasteiger partial charge in [0.1, 0.15) is 5.82 Å². The lowest BCUT2D eigenvalue weighted by atomic mass is 9.85. The van der Waals surface area contributed by atoms with Crippen LogP contribution >= 0.6 is 27.0 Å². The lowest BCUT2D eigenvalue weighted by molar-refractivity contribution is -0.0712. The van der Waals surface area contributed by atoms with Gasteiger partial charge >= 0.3 is 0 Å². The number of fused-ring (bicyclic) bond motifs is 3. The number of aromatic nitrogens is 4. The summed E-state index contributed by atoms with van der Waals surface area (Å²) < 4.78 is 38.0. The van der Waals surface area contributed by atoms with Gasteiger partial charge in [0.15, 0.2) is 5.82 Å². The number of aryl methyl sites for hydroxylation is 1. The summed E-state index contributed by atoms with van der Waals surface area (Å²) in [6.45, 7) is 7.41. The second-order valence-electron chi connectivity index (χ2n) is 11.0. The Balaban J connectivity index is 0.00000154. The summed E-state index contributed by atoms with van der Waals surface area (Å²) in [7, 11) is -3.61. The monoisotopic (exact) mass is 592 g/mol. The molecule has 10 nitrogen and oxygen atoms in total. The Labute approximate surface area is 242 Å². The first kappa shape index (κ1) is 28.6. The SMILES string of the molecule is Cc1cc2cnn(-c3cc(N4CC5CC4CO5)nc(S(C)(=O)=O)n3)c2cc1C1CCN(C2COC2)CC1.S.S. The van der Waals surface area contributed by atoms with E-state index in [4.69, 9.17) is 9.47 Å². The number of ether oxygens (including phenoxy) is 2. The van der Waals surface area contributed by atoms with Gasteiger partial charge in [-0.2, -0.15) is 37.1 Å². The van der Waals surface area contributed by atoms with Crippen LogP contribution in [-0.2, 0) is 19.3 Å². The number of piperidine rings is 1. The number of rotatable bonds is 5. The Morgan fingerprint density at radius 3 is 2.33 bits per heavy atom. The van der Waals surface area contributed by atoms with Gasteiger partial charge in [0.25, 0.3) is 5.16 Å². The minimum atomic E-state index is -3.61. The van der Waals surface area contributed by atoms with Crippen LogP contribution in [0.4, 0.5) is 5.82 Å². The lowest BCUT2D eigenvalue weighted by Crippen LogP contribution is -2.51. The van der Waals surface area contributed by atoms with Gasteiger partial charge in [-0.1, -0.05) is 0 Å². The summed E-state index contributed by atoms with van der Waals surface area (Å²) >= 11 is 0. The summed E-state index contributed by atoms with van der Waals surface area (Å²) in [6, 6.07) is 7.08. The maximum Gasteiger partial charge on any atom is 0.250 e. The third kappa shape index (κ3) is 5.17. The first-order valence-electron chi connectivity index (χ1n) is 13.1. The van der Waals surface area contributed by atoms with E-state index in [1.807, 2.05) is 12.3 Å². The Hall–Kier alpha value is -1.90. The highest BCUT2D eigenvalue weighted by Crippen LogP contribution is 2.36. The molecule has 0 N–H and O–H groups in total. The molecule has 3 aromatic rings. The predicted octanol–water partition coefficient (Wildman–Crippen LogP) is 2.31. The van der Waals surface area contributed by atoms with Crippen LogP contribution in [-0.4, -0.2) is 97.0 Å². The fourth-order valence-corrected chi connectivity index (χ4v) is 6.86. The van der Waals surface area contributed by atoms with Crippen LogP contribution in [0, 0.1) is 6.92 Å². The van der Waals surface area contributed by atoms with E-state index in [0.717, 1.165) is 62.7 Å². The predicted molar refractivity (Wildman–Crippen MR) is 159 cm³/mol. The molecule has 13 heteroatoms. The largest absolute Gasteiger partial charge is 0.378 e. The van der Waals surface area contributed by atoms with Gasteiger partial charge < -0.3 is 14.4 Å². The van der Waals surface area contributed by atoms with Crippen molar-refractivity contribution in [3.63, 3.8) is 0 Å². The van der Waals surface area contributed by atoms with Crippen molar-refractivity contribution in [2.75, 3.05) is 50.6 Å². The Morgan fingerprint density at radius 1 is 0.974 bits per heavy atom. The summed E-state index contributed by atoms with van der Waals surface area (Å²) in [5, 5.41) is 5.49. The van der Waals surface area contributed by atoms with Crippen molar-refractivity contribution < 1.29 is 17.9 Å². The molecule has 4 aliphatic heterocycles. The third-order valence-corrected chi connectivity index (χ3v) is 9.33. The number of nitrogens with zero attached hydrogens (tertiary/aromatic N) is 6. The van der Waals surface area contributed by atoms with Crippen LogP contribution in [0.3, 0.4) is 0 Å². The molecule has 0 aliphatic carbocycles. The molecule has 7 rings (SSSR count). The highest BCUT2D eigenvalue weighted by molar-refractivity contribution is 7.90. The third-order valence-electron chi connectivity index (χ3n) is 8.48. The van der Waals surface area contributed by atoms with Gasteiger partial charge in [0.2, 0.25) is 9.84 Å². The molecule has 0 amide bonds. The molecule has 2 bridgehead atoms. The Morgan fingerprint density at radius 2 is 1.72 bits per heavy atom. The maximum absolute atomic E-state index is 12.5. The van der Waals surface area contributed by atoms with E-state index < -0.39 is 9.84 Å². The molecule has 0 saturated carbocycles. The fraction of sp³-hybridized carbons (Fsp3) is 0.577. The second kappa shape index (κ2) is 10.8. The Bertz CT molecular complexity index is 1470. The van der Waals surface area contributed by atoms with Crippen molar-refractivity contribution in [1.29, 1.82) is 0 Å². The highest BCUT2D eigenvalue weighted by atomic mass is 32.2. The molecule has 1 aromatic carbocycles. The second-order valence-corrected chi connectivity index (χ2v) is 12.9. The fourth-order valence-electron chi connectivity index (χ4n) is 6.34. The Kier molecular flexibility index (Phi) is 7.94. The number of morpholine rings is 1. The number of sulfone groups is 1. The smallest absolute Gasteiger partial charge is 0.250 e. The van der Waals surface area contributed by atoms with Crippen LogP contribution in [0.2, 0.25) is 0 Å². The van der Waals surface area contributed by atoms with Crippen molar-refractivity contribution in [2.45, 2.75) is 55.4 Å². The molecule has 2 atom stereocenters. The van der Waals surface area contributed by atoms with Crippen molar-refractivity contribution >= 4 is 53.5 Å². The van der Waals surface area contributed by atoms with Crippen LogP contribution < -0.4 is 4.90 Å². The molecule has 2 unspecified atom stereocenters. The zero-order valence-corrected chi connectivity index (χ0v) is 25.0. The van der Waals surface area contributed by atoms with Gasteiger partial charge in [-0.05, 0) is 68.5 Å². The van der Waals surface area contributed by atoms with Gasteiger partial charge in [0.05, 0.1) is 49.7 Å². The average Bonchev–Trinajstić information content (AvgIpc) is 3.58. The molecule has 0 spiro atoms. The van der Waals surface area contributed by atoms with E-state index in [1.54, 1.807) is 4.68 Å². The molecule has 4 saturated heterocycles. The van der Waals surface area contributed by atoms with Crippen molar-refractivity contribution in [3.05, 3.63) is 35.5 Å². The number of anilines is 1. The number of hydrogen-bond acceptors (Lipinski definition) is 9. The van der Waals surface area contributed by atoms with E-state index in [-0.39, 0.29) is 44.3 Å². The van der Waals surface area contributed by atoms with E-state index in [1.165, 1.54) is 11.1 Å². The van der Waals surface area contributed by atoms with Crippen LogP contribution in [0.1, 0.15) is 36.3 Å². The van der Waals surface area contributed by atoms with E-state index >= 15 is 0 Å². The summed E-state index contributed by atoms with van der Waals surface area (Å²) in [5.74, 6) is 1.57. The topological polar surface area (TPSA) is 103 Å². The summed E-state index contributed by atoms with van der Waals surface area (Å²) in [4.78, 5) is 13.6. The first-order valence-corrected chi connectivity index (χ1v) is 15.0. The number of likely N-dealkylation sites (tertiary alicyclic amines) is 1. The van der Waals surface area contributed by atoms with Crippen molar-refractivity contribution in [1.82, 2.24) is 24.6 Å². The molecule has 2 aromatic heterocycles. The molecule has 39 heavy (non-hydrogen) atoms. The van der Waals surface area contributed by atoms with E-state index in [9.17, 15) is 8.42 Å². The average molecular weight is 593 g/mol. The maximum atomic E-state index is 12.5. The molecule has 0 radical (unpaired) electrons. The highest BCUT2D eigenvalue weighted by Gasteiger charge is 2.40. The van der Waals surface area contributed by atoms with Gasteiger partial charge in [-0.15, -0.1) is 0 Å². The summed E-state index contributed by atoms with van der Waals surface area (Å²) in [5.41, 5.74) is 3.54. The molecule has 6 heterocycles. The van der Waals surface area contributed by atoms with Crippen LogP contribution in [0.25, 0.3) is 16.7 Å². The number of benzene rings is 1. The molecular formula is C26H36N6O4S3. The molecule has 212 valence electrons. The minimum Gasteiger partial charge on any atom is -0.378 e. The van der Waals surface area contributed by atoms with Gasteiger partial charge in [0, 0.05) is 24.3 Å². The lowest BCUT2D eigenvalue weighted by Gasteiger charge is -2.41. The normalized spacial score (nSPS) is 24.0.